The van der Waals surface area contributed by atoms with Crippen molar-refractivity contribution in [3.05, 3.63) is 88.3 Å². The van der Waals surface area contributed by atoms with E-state index in [4.69, 9.17) is 16.0 Å². The number of nitriles is 1. The molecule has 0 aliphatic carbocycles. The number of hydrogen-bond acceptors (Lipinski definition) is 4. The molecular formula is C25H18ClN3O4. The van der Waals surface area contributed by atoms with E-state index in [0.29, 0.717) is 30.0 Å². The Morgan fingerprint density at radius 1 is 1.18 bits per heavy atom. The molecule has 0 radical (unpaired) electrons. The van der Waals surface area contributed by atoms with Gasteiger partial charge in [-0.3, -0.25) is 4.79 Å². The number of nitrogens with one attached hydrogen (secondary N) is 2. The minimum Gasteiger partial charge on any atom is -0.478 e. The summed E-state index contributed by atoms with van der Waals surface area (Å²) >= 11 is 5.91. The quantitative estimate of drug-likeness (QED) is 0.264. The Morgan fingerprint density at radius 2 is 2.00 bits per heavy atom. The van der Waals surface area contributed by atoms with Gasteiger partial charge in [-0.2, -0.15) is 5.26 Å². The van der Waals surface area contributed by atoms with Gasteiger partial charge >= 0.3 is 5.97 Å². The summed E-state index contributed by atoms with van der Waals surface area (Å²) in [5.41, 5.74) is 2.47. The molecule has 0 unspecified atom stereocenters. The maximum Gasteiger partial charge on any atom is 0.337 e. The number of nitrogens with zero attached hydrogens (tertiary/aromatic N) is 1. The molecule has 3 N–H and O–H groups in total. The number of hydrogen-bond donors (Lipinski definition) is 3. The van der Waals surface area contributed by atoms with Crippen LogP contribution in [0.1, 0.15) is 21.7 Å². The lowest BCUT2D eigenvalue weighted by Gasteiger charge is -2.04. The van der Waals surface area contributed by atoms with Crippen LogP contribution in [0, 0.1) is 11.3 Å². The van der Waals surface area contributed by atoms with Gasteiger partial charge < -0.3 is 19.8 Å². The number of aromatic carboxylic acids is 1. The first kappa shape index (κ1) is 21.9. The molecule has 0 saturated heterocycles. The predicted octanol–water partition coefficient (Wildman–Crippen LogP) is 5.05. The number of para-hydroxylation sites is 1. The number of fused-ring (bicyclic) bond motifs is 1. The Morgan fingerprint density at radius 3 is 2.79 bits per heavy atom. The molecule has 1 amide bonds. The number of amides is 1. The second-order valence-electron chi connectivity index (χ2n) is 7.24. The van der Waals surface area contributed by atoms with E-state index in [0.717, 1.165) is 16.5 Å². The predicted molar refractivity (Wildman–Crippen MR) is 125 cm³/mol. The minimum atomic E-state index is -1.15. The molecule has 8 heteroatoms. The highest BCUT2D eigenvalue weighted by Gasteiger charge is 2.14. The summed E-state index contributed by atoms with van der Waals surface area (Å²) in [6, 6.07) is 17.5. The number of halogens is 1. The molecule has 0 bridgehead atoms. The Bertz CT molecular complexity index is 1420. The van der Waals surface area contributed by atoms with Crippen LogP contribution in [0.2, 0.25) is 5.02 Å². The average molecular weight is 460 g/mol. The van der Waals surface area contributed by atoms with Crippen LogP contribution < -0.4 is 5.32 Å². The lowest BCUT2D eigenvalue weighted by atomic mass is 10.1. The van der Waals surface area contributed by atoms with Crippen molar-refractivity contribution in [1.82, 2.24) is 10.3 Å². The third-order valence-electron chi connectivity index (χ3n) is 5.11. The number of rotatable bonds is 7. The zero-order chi connectivity index (χ0) is 23.4. The summed E-state index contributed by atoms with van der Waals surface area (Å²) in [5, 5.41) is 22.6. The highest BCUT2D eigenvalue weighted by Crippen LogP contribution is 2.27. The number of H-pyrrole nitrogens is 1. The largest absolute Gasteiger partial charge is 0.478 e. The highest BCUT2D eigenvalue weighted by molar-refractivity contribution is 6.33. The van der Waals surface area contributed by atoms with Gasteiger partial charge in [0.15, 0.2) is 0 Å². The van der Waals surface area contributed by atoms with E-state index >= 15 is 0 Å². The van der Waals surface area contributed by atoms with Crippen LogP contribution in [0.25, 0.3) is 28.3 Å². The molecule has 0 aliphatic heterocycles. The van der Waals surface area contributed by atoms with Crippen LogP contribution in [0.5, 0.6) is 0 Å². The van der Waals surface area contributed by atoms with Crippen molar-refractivity contribution in [2.45, 2.75) is 6.42 Å². The number of aromatic nitrogens is 1. The number of carboxylic acid groups (broad SMARTS) is 1. The van der Waals surface area contributed by atoms with E-state index in [2.05, 4.69) is 10.3 Å². The topological polar surface area (TPSA) is 119 Å². The molecule has 2 aromatic heterocycles. The van der Waals surface area contributed by atoms with Crippen LogP contribution in [0.15, 0.2) is 70.8 Å². The normalized spacial score (nSPS) is 11.3. The van der Waals surface area contributed by atoms with Gasteiger partial charge in [-0.15, -0.1) is 0 Å². The number of benzene rings is 2. The van der Waals surface area contributed by atoms with E-state index in [-0.39, 0.29) is 16.2 Å². The van der Waals surface area contributed by atoms with Crippen LogP contribution in [-0.4, -0.2) is 28.5 Å². The van der Waals surface area contributed by atoms with Gasteiger partial charge in [0.2, 0.25) is 0 Å². The number of aromatic amines is 1. The van der Waals surface area contributed by atoms with Crippen molar-refractivity contribution < 1.29 is 19.1 Å². The molecule has 2 heterocycles. The first-order valence-electron chi connectivity index (χ1n) is 10.0. The van der Waals surface area contributed by atoms with Gasteiger partial charge in [-0.05, 0) is 48.4 Å². The van der Waals surface area contributed by atoms with Crippen LogP contribution in [0.4, 0.5) is 0 Å². The molecule has 164 valence electrons. The van der Waals surface area contributed by atoms with E-state index in [1.807, 2.05) is 36.5 Å². The number of carbonyl (C=O) groups excluding carboxylic acids is 1. The zero-order valence-electron chi connectivity index (χ0n) is 17.3. The second kappa shape index (κ2) is 9.47. The van der Waals surface area contributed by atoms with Crippen molar-refractivity contribution in [3.63, 3.8) is 0 Å². The number of furan rings is 1. The molecule has 4 rings (SSSR count). The Balaban J connectivity index is 1.44. The summed E-state index contributed by atoms with van der Waals surface area (Å²) < 4.78 is 5.69. The smallest absolute Gasteiger partial charge is 0.337 e. The van der Waals surface area contributed by atoms with Gasteiger partial charge in [0.05, 0.1) is 10.6 Å². The summed E-state index contributed by atoms with van der Waals surface area (Å²) in [6.45, 7) is 0.367. The Hall–Kier alpha value is -4.28. The standard InChI is InChI=1S/C25H18ClN3O4/c26-21-7-5-15(12-20(21)25(31)32)23-8-6-18(33-23)11-17(13-27)24(30)28-10-9-16-14-29-22-4-2-1-3-19(16)22/h1-8,11-12,14,29H,9-10H2,(H,28,30)(H,31,32). The third kappa shape index (κ3) is 4.81. The van der Waals surface area contributed by atoms with E-state index in [1.165, 1.54) is 18.2 Å². The maximum atomic E-state index is 12.5. The fraction of sp³-hybridized carbons (Fsp3) is 0.0800. The molecule has 0 fully saturated rings. The second-order valence-corrected chi connectivity index (χ2v) is 7.64. The fourth-order valence-electron chi connectivity index (χ4n) is 3.46. The molecule has 4 aromatic rings. The van der Waals surface area contributed by atoms with Crippen molar-refractivity contribution in [2.75, 3.05) is 6.54 Å². The van der Waals surface area contributed by atoms with Crippen molar-refractivity contribution >= 4 is 40.5 Å². The maximum absolute atomic E-state index is 12.5. The van der Waals surface area contributed by atoms with E-state index < -0.39 is 11.9 Å². The van der Waals surface area contributed by atoms with Crippen LogP contribution in [0.3, 0.4) is 0 Å². The molecule has 33 heavy (non-hydrogen) atoms. The molecule has 0 aliphatic rings. The van der Waals surface area contributed by atoms with E-state index in [1.54, 1.807) is 18.2 Å². The molecule has 2 aromatic carbocycles. The zero-order valence-corrected chi connectivity index (χ0v) is 18.0. The lowest BCUT2D eigenvalue weighted by molar-refractivity contribution is -0.117. The molecular weight excluding hydrogens is 442 g/mol. The highest BCUT2D eigenvalue weighted by atomic mass is 35.5. The van der Waals surface area contributed by atoms with Gasteiger partial charge in [0.25, 0.3) is 5.91 Å². The van der Waals surface area contributed by atoms with Crippen molar-refractivity contribution in [3.8, 4) is 17.4 Å². The van der Waals surface area contributed by atoms with Crippen molar-refractivity contribution in [1.29, 1.82) is 5.26 Å². The first-order chi connectivity index (χ1) is 16.0. The third-order valence-corrected chi connectivity index (χ3v) is 5.44. The molecule has 7 nitrogen and oxygen atoms in total. The fourth-order valence-corrected chi connectivity index (χ4v) is 3.66. The summed E-state index contributed by atoms with van der Waals surface area (Å²) in [6.07, 6.45) is 3.87. The summed E-state index contributed by atoms with van der Waals surface area (Å²) in [5.74, 6) is -0.975. The average Bonchev–Trinajstić information content (AvgIpc) is 3.45. The molecule has 0 atom stereocenters. The number of carboxylic acids is 1. The molecule has 0 spiro atoms. The van der Waals surface area contributed by atoms with Gasteiger partial charge in [-0.25, -0.2) is 4.79 Å². The number of carbonyl (C=O) groups is 2. The van der Waals surface area contributed by atoms with E-state index in [9.17, 15) is 20.0 Å². The molecule has 0 saturated carbocycles. The lowest BCUT2D eigenvalue weighted by Crippen LogP contribution is -2.26. The van der Waals surface area contributed by atoms with Gasteiger partial charge in [0, 0.05) is 35.3 Å². The van der Waals surface area contributed by atoms with Crippen molar-refractivity contribution in [2.24, 2.45) is 0 Å². The van der Waals surface area contributed by atoms with Crippen LogP contribution in [-0.2, 0) is 11.2 Å². The summed E-state index contributed by atoms with van der Waals surface area (Å²) in [4.78, 5) is 27.0. The SMILES string of the molecule is N#CC(=Cc1ccc(-c2ccc(Cl)c(C(=O)O)c2)o1)C(=O)NCCc1c[nH]c2ccccc12. The van der Waals surface area contributed by atoms with Gasteiger partial charge in [0.1, 0.15) is 23.2 Å². The summed E-state index contributed by atoms with van der Waals surface area (Å²) in [7, 11) is 0. The monoisotopic (exact) mass is 459 g/mol. The Labute approximate surface area is 193 Å². The Kier molecular flexibility index (Phi) is 6.29. The first-order valence-corrected chi connectivity index (χ1v) is 10.4. The van der Waals surface area contributed by atoms with Gasteiger partial charge in [-0.1, -0.05) is 29.8 Å². The minimum absolute atomic E-state index is 0.0463. The van der Waals surface area contributed by atoms with Crippen LogP contribution >= 0.6 is 11.6 Å².